The molecule has 3 amide bonds. The molecule has 1 saturated heterocycles. The smallest absolute Gasteiger partial charge is 0.321 e. The molecule has 0 aromatic carbocycles. The Morgan fingerprint density at radius 3 is 2.62 bits per heavy atom. The molecule has 2 N–H and O–H groups in total. The second-order valence-corrected chi connectivity index (χ2v) is 4.65. The van der Waals surface area contributed by atoms with Gasteiger partial charge < -0.3 is 10.1 Å². The highest BCUT2D eigenvalue weighted by molar-refractivity contribution is 6.31. The van der Waals surface area contributed by atoms with E-state index in [1.807, 2.05) is 6.92 Å². The van der Waals surface area contributed by atoms with Crippen LogP contribution in [0.5, 0.6) is 0 Å². The van der Waals surface area contributed by atoms with E-state index in [-0.39, 0.29) is 6.04 Å². The number of urea groups is 1. The normalized spacial score (nSPS) is 23.6. The third-order valence-corrected chi connectivity index (χ3v) is 2.83. The molecular weight excluding hydrogens is 232 g/mol. The Balaban J connectivity index is 2.30. The van der Waals surface area contributed by atoms with Crippen LogP contribution in [0.2, 0.25) is 0 Å². The summed E-state index contributed by atoms with van der Waals surface area (Å²) in [6.07, 6.45) is 0.932. The zero-order valence-electron chi connectivity index (χ0n) is 9.46. The number of halogens is 1. The van der Waals surface area contributed by atoms with Crippen LogP contribution in [0.1, 0.15) is 20.3 Å². The number of carbonyl (C=O) groups excluding carboxylic acids is 2. The molecule has 1 aliphatic heterocycles. The van der Waals surface area contributed by atoms with Gasteiger partial charge in [0, 0.05) is 18.6 Å². The first kappa shape index (κ1) is 13.3. The third kappa shape index (κ3) is 3.98. The minimum Gasteiger partial charge on any atom is -0.381 e. The van der Waals surface area contributed by atoms with Gasteiger partial charge in [-0.2, -0.15) is 0 Å². The SMILES string of the molecule is CC(Cl)C(=O)NC(=O)NC(C)C1CCOC1. The summed E-state index contributed by atoms with van der Waals surface area (Å²) < 4.78 is 5.22. The summed E-state index contributed by atoms with van der Waals surface area (Å²) in [7, 11) is 0. The molecule has 0 aromatic rings. The van der Waals surface area contributed by atoms with Crippen molar-refractivity contribution in [3.63, 3.8) is 0 Å². The van der Waals surface area contributed by atoms with E-state index in [4.69, 9.17) is 16.3 Å². The lowest BCUT2D eigenvalue weighted by Gasteiger charge is -2.19. The van der Waals surface area contributed by atoms with Gasteiger partial charge >= 0.3 is 6.03 Å². The van der Waals surface area contributed by atoms with Gasteiger partial charge in [-0.05, 0) is 20.3 Å². The number of alkyl halides is 1. The number of hydrogen-bond donors (Lipinski definition) is 2. The van der Waals surface area contributed by atoms with Crippen molar-refractivity contribution in [2.24, 2.45) is 5.92 Å². The Hall–Kier alpha value is -0.810. The number of imide groups is 1. The molecular formula is C10H17ClN2O3. The molecule has 1 heterocycles. The van der Waals surface area contributed by atoms with Crippen LogP contribution in [0.4, 0.5) is 4.79 Å². The first-order valence-electron chi connectivity index (χ1n) is 5.34. The summed E-state index contributed by atoms with van der Waals surface area (Å²) in [4.78, 5) is 22.5. The molecule has 16 heavy (non-hydrogen) atoms. The fourth-order valence-corrected chi connectivity index (χ4v) is 1.57. The Morgan fingerprint density at radius 1 is 1.44 bits per heavy atom. The first-order valence-corrected chi connectivity index (χ1v) is 5.77. The summed E-state index contributed by atoms with van der Waals surface area (Å²) in [5.74, 6) is -0.177. The Labute approximate surface area is 99.9 Å². The van der Waals surface area contributed by atoms with Crippen molar-refractivity contribution in [2.75, 3.05) is 13.2 Å². The largest absolute Gasteiger partial charge is 0.381 e. The monoisotopic (exact) mass is 248 g/mol. The van der Waals surface area contributed by atoms with Crippen LogP contribution in [-0.2, 0) is 9.53 Å². The van der Waals surface area contributed by atoms with E-state index in [1.54, 1.807) is 0 Å². The van der Waals surface area contributed by atoms with E-state index in [9.17, 15) is 9.59 Å². The van der Waals surface area contributed by atoms with E-state index in [1.165, 1.54) is 6.92 Å². The predicted octanol–water partition coefficient (Wildman–Crippen LogP) is 0.865. The summed E-state index contributed by atoms with van der Waals surface area (Å²) in [5, 5.41) is 4.16. The van der Waals surface area contributed by atoms with Gasteiger partial charge in [0.25, 0.3) is 0 Å². The summed E-state index contributed by atoms with van der Waals surface area (Å²) >= 11 is 5.52. The average molecular weight is 249 g/mol. The lowest BCUT2D eigenvalue weighted by Crippen LogP contribution is -2.47. The zero-order chi connectivity index (χ0) is 12.1. The highest BCUT2D eigenvalue weighted by Crippen LogP contribution is 2.16. The minimum absolute atomic E-state index is 0.0130. The van der Waals surface area contributed by atoms with Crippen molar-refractivity contribution < 1.29 is 14.3 Å². The lowest BCUT2D eigenvalue weighted by molar-refractivity contribution is -0.119. The Bertz CT molecular complexity index is 265. The molecule has 0 aromatic heterocycles. The van der Waals surface area contributed by atoms with Crippen LogP contribution in [0, 0.1) is 5.92 Å². The quantitative estimate of drug-likeness (QED) is 0.728. The minimum atomic E-state index is -0.712. The highest BCUT2D eigenvalue weighted by atomic mass is 35.5. The molecule has 6 heteroatoms. The van der Waals surface area contributed by atoms with E-state index in [0.29, 0.717) is 12.5 Å². The van der Waals surface area contributed by atoms with Gasteiger partial charge in [-0.25, -0.2) is 4.79 Å². The van der Waals surface area contributed by atoms with Crippen LogP contribution in [0.15, 0.2) is 0 Å². The maximum Gasteiger partial charge on any atom is 0.321 e. The van der Waals surface area contributed by atoms with Crippen LogP contribution in [-0.4, -0.2) is 36.6 Å². The molecule has 3 atom stereocenters. The highest BCUT2D eigenvalue weighted by Gasteiger charge is 2.24. The summed E-state index contributed by atoms with van der Waals surface area (Å²) in [6, 6.07) is -0.516. The number of ether oxygens (including phenoxy) is 1. The van der Waals surface area contributed by atoms with Crippen molar-refractivity contribution in [3.05, 3.63) is 0 Å². The zero-order valence-corrected chi connectivity index (χ0v) is 10.2. The molecule has 0 aliphatic carbocycles. The van der Waals surface area contributed by atoms with Crippen molar-refractivity contribution in [1.82, 2.24) is 10.6 Å². The van der Waals surface area contributed by atoms with Gasteiger partial charge in [-0.1, -0.05) is 0 Å². The van der Waals surface area contributed by atoms with E-state index in [0.717, 1.165) is 13.0 Å². The van der Waals surface area contributed by atoms with E-state index in [2.05, 4.69) is 10.6 Å². The van der Waals surface area contributed by atoms with Crippen molar-refractivity contribution >= 4 is 23.5 Å². The van der Waals surface area contributed by atoms with Crippen LogP contribution in [0.3, 0.4) is 0 Å². The van der Waals surface area contributed by atoms with Gasteiger partial charge in [0.1, 0.15) is 5.38 Å². The Morgan fingerprint density at radius 2 is 2.12 bits per heavy atom. The molecule has 0 bridgehead atoms. The molecule has 0 saturated carbocycles. The van der Waals surface area contributed by atoms with E-state index >= 15 is 0 Å². The summed E-state index contributed by atoms with van der Waals surface area (Å²) in [5.41, 5.74) is 0. The fraction of sp³-hybridized carbons (Fsp3) is 0.800. The van der Waals surface area contributed by atoms with Crippen molar-refractivity contribution in [1.29, 1.82) is 0 Å². The molecule has 92 valence electrons. The molecule has 0 radical (unpaired) electrons. The maximum atomic E-state index is 11.4. The number of amides is 3. The van der Waals surface area contributed by atoms with Gasteiger partial charge in [-0.15, -0.1) is 11.6 Å². The molecule has 0 spiro atoms. The third-order valence-electron chi connectivity index (χ3n) is 2.63. The topological polar surface area (TPSA) is 67.4 Å². The standard InChI is InChI=1S/C10H17ClN2O3/c1-6(11)9(14)13-10(15)12-7(2)8-3-4-16-5-8/h6-8H,3-5H2,1-2H3,(H2,12,13,14,15). The summed E-state index contributed by atoms with van der Waals surface area (Å²) in [6.45, 7) is 4.79. The van der Waals surface area contributed by atoms with Gasteiger partial charge in [-0.3, -0.25) is 10.1 Å². The molecule has 3 unspecified atom stereocenters. The second-order valence-electron chi connectivity index (χ2n) is 3.99. The molecule has 1 aliphatic rings. The maximum absolute atomic E-state index is 11.4. The predicted molar refractivity (Wildman–Crippen MR) is 60.4 cm³/mol. The number of nitrogens with one attached hydrogen (secondary N) is 2. The lowest BCUT2D eigenvalue weighted by atomic mass is 10.0. The van der Waals surface area contributed by atoms with Crippen LogP contribution >= 0.6 is 11.6 Å². The first-order chi connectivity index (χ1) is 7.50. The van der Waals surface area contributed by atoms with E-state index < -0.39 is 17.3 Å². The molecule has 5 nitrogen and oxygen atoms in total. The van der Waals surface area contributed by atoms with Gasteiger partial charge in [0.2, 0.25) is 5.91 Å². The van der Waals surface area contributed by atoms with Crippen LogP contribution < -0.4 is 10.6 Å². The van der Waals surface area contributed by atoms with Gasteiger partial charge in [0.15, 0.2) is 0 Å². The molecule has 1 fully saturated rings. The number of rotatable bonds is 3. The number of carbonyl (C=O) groups is 2. The Kier molecular flexibility index (Phi) is 5.02. The number of hydrogen-bond acceptors (Lipinski definition) is 3. The van der Waals surface area contributed by atoms with Crippen LogP contribution in [0.25, 0.3) is 0 Å². The second kappa shape index (κ2) is 6.06. The fourth-order valence-electron chi connectivity index (χ4n) is 1.52. The molecule has 1 rings (SSSR count). The average Bonchev–Trinajstić information content (AvgIpc) is 2.69. The van der Waals surface area contributed by atoms with Gasteiger partial charge in [0.05, 0.1) is 6.61 Å². The van der Waals surface area contributed by atoms with Crippen molar-refractivity contribution in [3.8, 4) is 0 Å². The van der Waals surface area contributed by atoms with Crippen molar-refractivity contribution in [2.45, 2.75) is 31.7 Å².